The molecule has 0 amide bonds. The molecule has 0 fully saturated rings. The second kappa shape index (κ2) is 4.12. The molecule has 1 aromatic carbocycles. The first-order valence-corrected chi connectivity index (χ1v) is 4.01. The summed E-state index contributed by atoms with van der Waals surface area (Å²) in [6, 6.07) is 0. The molecule has 0 atom stereocenters. The van der Waals surface area contributed by atoms with Crippen molar-refractivity contribution in [3.8, 4) is 0 Å². The molecule has 0 heterocycles. The molecule has 2 N–H and O–H groups in total. The van der Waals surface area contributed by atoms with E-state index in [9.17, 15) is 9.59 Å². The Morgan fingerprint density at radius 3 is 1.12 bits per heavy atom. The van der Waals surface area contributed by atoms with Gasteiger partial charge in [0.2, 0.25) is 0 Å². The molecule has 8 heteroatoms. The summed E-state index contributed by atoms with van der Waals surface area (Å²) >= 11 is 0. The molecule has 8 radical (unpaired) electrons. The normalized spacial score (nSPS) is 10.0. The van der Waals surface area contributed by atoms with E-state index in [1.807, 2.05) is 0 Å². The molecule has 0 aliphatic rings. The number of benzene rings is 1. The van der Waals surface area contributed by atoms with E-state index >= 15 is 0 Å². The van der Waals surface area contributed by atoms with E-state index in [0.717, 1.165) is 0 Å². The molecule has 0 saturated carbocycles. The molecule has 0 bridgehead atoms. The highest BCUT2D eigenvalue weighted by Gasteiger charge is 2.22. The largest absolute Gasteiger partial charge is 0.478 e. The summed E-state index contributed by atoms with van der Waals surface area (Å²) in [5.41, 5.74) is -2.60. The standard InChI is InChI=1S/C8H2B4O4/c9-3-1(7(13)14)2(8(15)16)4(10)6(12)5(3)11/h(H,13,14)(H,15,16). The lowest BCUT2D eigenvalue weighted by Crippen LogP contribution is -2.52. The Bertz CT molecular complexity index is 453. The van der Waals surface area contributed by atoms with Crippen molar-refractivity contribution in [3.05, 3.63) is 11.1 Å². The van der Waals surface area contributed by atoms with Gasteiger partial charge in [0.15, 0.2) is 0 Å². The molecule has 70 valence electrons. The quantitative estimate of drug-likeness (QED) is 0.487. The predicted octanol–water partition coefficient (Wildman–Crippen LogP) is -3.74. The van der Waals surface area contributed by atoms with Crippen molar-refractivity contribution >= 4 is 65.2 Å². The molecule has 0 aromatic heterocycles. The second-order valence-corrected chi connectivity index (χ2v) is 3.02. The Morgan fingerprint density at radius 2 is 0.938 bits per heavy atom. The van der Waals surface area contributed by atoms with Crippen molar-refractivity contribution in [1.82, 2.24) is 0 Å². The van der Waals surface area contributed by atoms with Gasteiger partial charge in [0.05, 0.1) is 11.1 Å². The van der Waals surface area contributed by atoms with Crippen LogP contribution in [0.2, 0.25) is 0 Å². The molecule has 1 rings (SSSR count). The van der Waals surface area contributed by atoms with Gasteiger partial charge in [-0.1, -0.05) is 10.9 Å². The zero-order valence-electron chi connectivity index (χ0n) is 8.02. The van der Waals surface area contributed by atoms with Crippen molar-refractivity contribution in [3.63, 3.8) is 0 Å². The van der Waals surface area contributed by atoms with Crippen LogP contribution in [0.3, 0.4) is 0 Å². The van der Waals surface area contributed by atoms with Crippen LogP contribution in [0.1, 0.15) is 20.7 Å². The van der Waals surface area contributed by atoms with E-state index in [2.05, 4.69) is 0 Å². The van der Waals surface area contributed by atoms with Crippen LogP contribution in [0.25, 0.3) is 0 Å². The van der Waals surface area contributed by atoms with E-state index in [1.54, 1.807) is 0 Å². The third-order valence-corrected chi connectivity index (χ3v) is 2.09. The Morgan fingerprint density at radius 1 is 0.688 bits per heavy atom. The summed E-state index contributed by atoms with van der Waals surface area (Å²) in [4.78, 5) is 21.7. The van der Waals surface area contributed by atoms with Gasteiger partial charge in [-0.2, -0.15) is 0 Å². The first-order valence-electron chi connectivity index (χ1n) is 4.01. The van der Waals surface area contributed by atoms with Gasteiger partial charge in [0.1, 0.15) is 31.4 Å². The van der Waals surface area contributed by atoms with Gasteiger partial charge in [0.25, 0.3) is 0 Å². The van der Waals surface area contributed by atoms with Crippen molar-refractivity contribution < 1.29 is 19.8 Å². The van der Waals surface area contributed by atoms with Crippen LogP contribution in [0.4, 0.5) is 0 Å². The summed E-state index contributed by atoms with van der Waals surface area (Å²) in [5.74, 6) is -3.07. The SMILES string of the molecule is [B]c1c([B])c([B])c(C(=O)O)c(C(=O)O)c1[B]. The number of aromatic carboxylic acids is 2. The number of hydrogen-bond donors (Lipinski definition) is 2. The minimum absolute atomic E-state index is 0.236. The highest BCUT2D eigenvalue weighted by Crippen LogP contribution is 2.01. The van der Waals surface area contributed by atoms with Crippen LogP contribution in [0.15, 0.2) is 0 Å². The maximum Gasteiger partial charge on any atom is 0.335 e. The molecular weight excluding hydrogens is 203 g/mol. The van der Waals surface area contributed by atoms with Crippen molar-refractivity contribution in [2.24, 2.45) is 0 Å². The molecule has 0 spiro atoms. The summed E-state index contributed by atoms with van der Waals surface area (Å²) in [7, 11) is 21.6. The van der Waals surface area contributed by atoms with E-state index in [1.165, 1.54) is 0 Å². The molecule has 0 saturated heterocycles. The van der Waals surface area contributed by atoms with Crippen LogP contribution in [0.5, 0.6) is 0 Å². The van der Waals surface area contributed by atoms with E-state index in [4.69, 9.17) is 41.6 Å². The van der Waals surface area contributed by atoms with Crippen molar-refractivity contribution in [2.45, 2.75) is 0 Å². The summed E-state index contributed by atoms with van der Waals surface area (Å²) < 4.78 is 0. The fourth-order valence-corrected chi connectivity index (χ4v) is 1.27. The lowest BCUT2D eigenvalue weighted by Gasteiger charge is -2.17. The average molecular weight is 205 g/mol. The Kier molecular flexibility index (Phi) is 3.21. The molecule has 0 unspecified atom stereocenters. The maximum atomic E-state index is 10.9. The molecule has 0 aliphatic carbocycles. The van der Waals surface area contributed by atoms with Crippen LogP contribution < -0.4 is 21.9 Å². The van der Waals surface area contributed by atoms with Crippen LogP contribution in [-0.4, -0.2) is 53.5 Å². The first kappa shape index (κ1) is 12.5. The Hall–Kier alpha value is -1.58. The van der Waals surface area contributed by atoms with Gasteiger partial charge in [-0.3, -0.25) is 0 Å². The number of rotatable bonds is 2. The fourth-order valence-electron chi connectivity index (χ4n) is 1.27. The third kappa shape index (κ3) is 1.75. The number of carboxylic acid groups (broad SMARTS) is 2. The van der Waals surface area contributed by atoms with Crippen LogP contribution in [-0.2, 0) is 0 Å². The number of carbonyl (C=O) groups is 2. The van der Waals surface area contributed by atoms with Crippen LogP contribution in [0, 0.1) is 0 Å². The second-order valence-electron chi connectivity index (χ2n) is 3.02. The third-order valence-electron chi connectivity index (χ3n) is 2.09. The summed E-state index contributed by atoms with van der Waals surface area (Å²) in [5, 5.41) is 17.7. The summed E-state index contributed by atoms with van der Waals surface area (Å²) in [6.45, 7) is 0. The van der Waals surface area contributed by atoms with Gasteiger partial charge in [-0.15, -0.1) is 10.9 Å². The lowest BCUT2D eigenvalue weighted by molar-refractivity contribution is 0.0654. The highest BCUT2D eigenvalue weighted by atomic mass is 16.4. The number of carboxylic acids is 2. The van der Waals surface area contributed by atoms with Crippen molar-refractivity contribution in [1.29, 1.82) is 0 Å². The monoisotopic (exact) mass is 206 g/mol. The van der Waals surface area contributed by atoms with Gasteiger partial charge in [-0.25, -0.2) is 9.59 Å². The van der Waals surface area contributed by atoms with Gasteiger partial charge in [-0.05, 0) is 0 Å². The number of hydrogen-bond acceptors (Lipinski definition) is 2. The molecule has 1 aromatic rings. The zero-order valence-corrected chi connectivity index (χ0v) is 8.02. The van der Waals surface area contributed by atoms with Gasteiger partial charge >= 0.3 is 11.9 Å². The smallest absolute Gasteiger partial charge is 0.335 e. The van der Waals surface area contributed by atoms with E-state index < -0.39 is 34.0 Å². The maximum absolute atomic E-state index is 10.9. The van der Waals surface area contributed by atoms with Crippen molar-refractivity contribution in [2.75, 3.05) is 0 Å². The highest BCUT2D eigenvalue weighted by molar-refractivity contribution is 6.64. The molecular formula is C8H2B4O4. The molecule has 4 nitrogen and oxygen atoms in total. The predicted molar refractivity (Wildman–Crippen MR) is 61.9 cm³/mol. The average Bonchev–Trinajstić information content (AvgIpc) is 2.18. The Labute approximate surface area is 96.7 Å². The lowest BCUT2D eigenvalue weighted by atomic mass is 9.63. The van der Waals surface area contributed by atoms with E-state index in [0.29, 0.717) is 0 Å². The van der Waals surface area contributed by atoms with Gasteiger partial charge in [0, 0.05) is 0 Å². The molecule has 16 heavy (non-hydrogen) atoms. The minimum atomic E-state index is -1.53. The molecule has 0 aliphatic heterocycles. The Balaban J connectivity index is 3.83. The topological polar surface area (TPSA) is 74.6 Å². The minimum Gasteiger partial charge on any atom is -0.478 e. The fraction of sp³-hybridized carbons (Fsp3) is 0. The summed E-state index contributed by atoms with van der Waals surface area (Å²) in [6.07, 6.45) is 0. The first-order chi connectivity index (χ1) is 7.29. The van der Waals surface area contributed by atoms with E-state index in [-0.39, 0.29) is 10.9 Å². The zero-order chi connectivity index (χ0) is 12.6. The van der Waals surface area contributed by atoms with Gasteiger partial charge < -0.3 is 10.2 Å². The van der Waals surface area contributed by atoms with Crippen LogP contribution >= 0.6 is 0 Å².